The van der Waals surface area contributed by atoms with Crippen LogP contribution in [0.4, 0.5) is 4.39 Å². The number of aromatic nitrogens is 1. The molecule has 1 amide bonds. The number of pyridine rings is 1. The Kier molecular flexibility index (Phi) is 5.44. The second-order valence-electron chi connectivity index (χ2n) is 7.01. The maximum atomic E-state index is 13.4. The fourth-order valence-corrected chi connectivity index (χ4v) is 3.55. The molecule has 1 N–H and O–H groups in total. The Balaban J connectivity index is 1.71. The number of rotatable bonds is 5. The van der Waals surface area contributed by atoms with Crippen LogP contribution in [0.1, 0.15) is 21.6 Å². The summed E-state index contributed by atoms with van der Waals surface area (Å²) in [5, 5.41) is 3.73. The summed E-state index contributed by atoms with van der Waals surface area (Å²) < 4.78 is 18.7. The Morgan fingerprint density at radius 1 is 1.03 bits per heavy atom. The Bertz CT molecular complexity index is 1220. The fraction of sp³-hybridized carbons (Fsp3) is 0.120. The van der Waals surface area contributed by atoms with Crippen molar-refractivity contribution < 1.29 is 13.9 Å². The van der Waals surface area contributed by atoms with Gasteiger partial charge in [0.15, 0.2) is 0 Å². The predicted octanol–water partition coefficient (Wildman–Crippen LogP) is 5.29. The lowest BCUT2D eigenvalue weighted by molar-refractivity contribution is 0.0952. The summed E-state index contributed by atoms with van der Waals surface area (Å²) in [6.07, 6.45) is 0. The number of nitrogens with one attached hydrogen (secondary N) is 1. The molecule has 0 saturated heterocycles. The predicted molar refractivity (Wildman–Crippen MR) is 116 cm³/mol. The molecule has 0 unspecified atom stereocenters. The molecule has 0 fully saturated rings. The van der Waals surface area contributed by atoms with Gasteiger partial charge >= 0.3 is 0 Å². The second-order valence-corrected chi connectivity index (χ2v) is 7.01. The highest BCUT2D eigenvalue weighted by molar-refractivity contribution is 6.09. The van der Waals surface area contributed by atoms with Crippen LogP contribution in [0.5, 0.6) is 5.75 Å². The summed E-state index contributed by atoms with van der Waals surface area (Å²) in [6.45, 7) is 2.21. The lowest BCUT2D eigenvalue weighted by atomic mass is 9.98. The summed E-state index contributed by atoms with van der Waals surface area (Å²) >= 11 is 0. The lowest BCUT2D eigenvalue weighted by Gasteiger charge is -2.13. The smallest absolute Gasteiger partial charge is 0.252 e. The molecule has 30 heavy (non-hydrogen) atoms. The van der Waals surface area contributed by atoms with Crippen LogP contribution < -0.4 is 10.1 Å². The molecule has 1 aromatic heterocycles. The van der Waals surface area contributed by atoms with Crippen LogP contribution in [-0.4, -0.2) is 18.0 Å². The van der Waals surface area contributed by atoms with Crippen molar-refractivity contribution in [1.82, 2.24) is 10.3 Å². The van der Waals surface area contributed by atoms with Crippen molar-refractivity contribution in [3.05, 3.63) is 95.4 Å². The number of aryl methyl sites for hydroxylation is 1. The van der Waals surface area contributed by atoms with Gasteiger partial charge in [-0.2, -0.15) is 0 Å². The van der Waals surface area contributed by atoms with Gasteiger partial charge in [-0.3, -0.25) is 9.78 Å². The Labute approximate surface area is 174 Å². The molecule has 0 saturated carbocycles. The first-order valence-corrected chi connectivity index (χ1v) is 9.63. The number of methoxy groups -OCH3 is 1. The molecule has 0 bridgehead atoms. The van der Waals surface area contributed by atoms with Crippen molar-refractivity contribution in [2.24, 2.45) is 0 Å². The topological polar surface area (TPSA) is 51.2 Å². The molecule has 1 heterocycles. The molecule has 0 atom stereocenters. The third kappa shape index (κ3) is 3.87. The Hall–Kier alpha value is -3.73. The summed E-state index contributed by atoms with van der Waals surface area (Å²) in [6, 6.07) is 21.3. The van der Waals surface area contributed by atoms with E-state index in [0.29, 0.717) is 17.6 Å². The highest BCUT2D eigenvalue weighted by Gasteiger charge is 2.15. The fourth-order valence-electron chi connectivity index (χ4n) is 3.55. The van der Waals surface area contributed by atoms with Crippen LogP contribution in [-0.2, 0) is 6.54 Å². The molecule has 0 aliphatic heterocycles. The maximum Gasteiger partial charge on any atom is 0.252 e. The van der Waals surface area contributed by atoms with Gasteiger partial charge in [0.1, 0.15) is 11.6 Å². The van der Waals surface area contributed by atoms with E-state index in [1.165, 1.54) is 12.1 Å². The van der Waals surface area contributed by atoms with Gasteiger partial charge in [-0.05, 0) is 36.8 Å². The van der Waals surface area contributed by atoms with Crippen LogP contribution in [0.25, 0.3) is 22.0 Å². The van der Waals surface area contributed by atoms with Crippen LogP contribution in [0.3, 0.4) is 0 Å². The molecule has 5 heteroatoms. The number of carbonyl (C=O) groups is 1. The Morgan fingerprint density at radius 3 is 2.57 bits per heavy atom. The van der Waals surface area contributed by atoms with E-state index < -0.39 is 0 Å². The molecule has 3 aromatic carbocycles. The molecule has 4 nitrogen and oxygen atoms in total. The first-order chi connectivity index (χ1) is 14.6. The molecule has 4 rings (SSSR count). The van der Waals surface area contributed by atoms with E-state index in [1.54, 1.807) is 25.3 Å². The standard InChI is InChI=1S/C25H21FN2O2/c1-16-14-22(25(29)27-15-18-6-3-4-9-23(18)30-2)21-8-5-7-20(24(21)28-16)17-10-12-19(26)13-11-17/h3-14H,15H2,1-2H3,(H,27,29). The van der Waals surface area contributed by atoms with Gasteiger partial charge in [-0.25, -0.2) is 4.39 Å². The van der Waals surface area contributed by atoms with E-state index >= 15 is 0 Å². The third-order valence-corrected chi connectivity index (χ3v) is 5.00. The number of nitrogens with zero attached hydrogens (tertiary/aromatic N) is 1. The monoisotopic (exact) mass is 400 g/mol. The van der Waals surface area contributed by atoms with Crippen LogP contribution in [0.2, 0.25) is 0 Å². The largest absolute Gasteiger partial charge is 0.496 e. The van der Waals surface area contributed by atoms with Crippen molar-refractivity contribution >= 4 is 16.8 Å². The second kappa shape index (κ2) is 8.33. The maximum absolute atomic E-state index is 13.4. The minimum Gasteiger partial charge on any atom is -0.496 e. The molecular formula is C25H21FN2O2. The molecular weight excluding hydrogens is 379 g/mol. The van der Waals surface area contributed by atoms with Gasteiger partial charge in [0.2, 0.25) is 0 Å². The number of carbonyl (C=O) groups excluding carboxylic acids is 1. The van der Waals surface area contributed by atoms with Crippen molar-refractivity contribution in [2.45, 2.75) is 13.5 Å². The van der Waals surface area contributed by atoms with Crippen LogP contribution >= 0.6 is 0 Å². The van der Waals surface area contributed by atoms with Gasteiger partial charge in [-0.1, -0.05) is 48.5 Å². The first kappa shape index (κ1) is 19.6. The van der Waals surface area contributed by atoms with E-state index in [0.717, 1.165) is 33.5 Å². The quantitative estimate of drug-likeness (QED) is 0.495. The zero-order valence-electron chi connectivity index (χ0n) is 16.8. The third-order valence-electron chi connectivity index (χ3n) is 5.00. The van der Waals surface area contributed by atoms with E-state index in [9.17, 15) is 9.18 Å². The highest BCUT2D eigenvalue weighted by Crippen LogP contribution is 2.30. The minimum atomic E-state index is -0.292. The normalized spacial score (nSPS) is 10.8. The number of amides is 1. The zero-order valence-corrected chi connectivity index (χ0v) is 16.8. The summed E-state index contributed by atoms with van der Waals surface area (Å²) in [5.74, 6) is 0.249. The number of ether oxygens (including phenoxy) is 1. The molecule has 4 aromatic rings. The first-order valence-electron chi connectivity index (χ1n) is 9.63. The van der Waals surface area contributed by atoms with Gasteiger partial charge in [0.05, 0.1) is 18.2 Å². The molecule has 0 spiro atoms. The molecule has 150 valence electrons. The molecule has 0 radical (unpaired) electrons. The summed E-state index contributed by atoms with van der Waals surface area (Å²) in [5.41, 5.74) is 4.60. The van der Waals surface area contributed by atoms with Crippen LogP contribution in [0, 0.1) is 12.7 Å². The van der Waals surface area contributed by atoms with Crippen molar-refractivity contribution in [2.75, 3.05) is 7.11 Å². The van der Waals surface area contributed by atoms with Gasteiger partial charge < -0.3 is 10.1 Å². The number of fused-ring (bicyclic) bond motifs is 1. The summed E-state index contributed by atoms with van der Waals surface area (Å²) in [7, 11) is 1.61. The Morgan fingerprint density at radius 2 is 1.80 bits per heavy atom. The van der Waals surface area contributed by atoms with Gasteiger partial charge in [-0.15, -0.1) is 0 Å². The van der Waals surface area contributed by atoms with Gasteiger partial charge in [0.25, 0.3) is 5.91 Å². The van der Waals surface area contributed by atoms with E-state index in [2.05, 4.69) is 10.3 Å². The van der Waals surface area contributed by atoms with Crippen molar-refractivity contribution in [3.63, 3.8) is 0 Å². The van der Waals surface area contributed by atoms with Crippen molar-refractivity contribution in [3.8, 4) is 16.9 Å². The van der Waals surface area contributed by atoms with Gasteiger partial charge in [0, 0.05) is 28.8 Å². The average Bonchev–Trinajstić information content (AvgIpc) is 2.77. The van der Waals surface area contributed by atoms with E-state index in [4.69, 9.17) is 4.74 Å². The SMILES string of the molecule is COc1ccccc1CNC(=O)c1cc(C)nc2c(-c3ccc(F)cc3)cccc12. The highest BCUT2D eigenvalue weighted by atomic mass is 19.1. The number of benzene rings is 3. The number of para-hydroxylation sites is 2. The number of hydrogen-bond acceptors (Lipinski definition) is 3. The van der Waals surface area contributed by atoms with Crippen molar-refractivity contribution in [1.29, 1.82) is 0 Å². The number of hydrogen-bond donors (Lipinski definition) is 1. The summed E-state index contributed by atoms with van der Waals surface area (Å²) in [4.78, 5) is 17.7. The number of halogens is 1. The average molecular weight is 400 g/mol. The zero-order chi connectivity index (χ0) is 21.1. The lowest BCUT2D eigenvalue weighted by Crippen LogP contribution is -2.23. The van der Waals surface area contributed by atoms with E-state index in [-0.39, 0.29) is 11.7 Å². The molecule has 0 aliphatic carbocycles. The molecule has 0 aliphatic rings. The minimum absolute atomic E-state index is 0.187. The van der Waals surface area contributed by atoms with E-state index in [1.807, 2.05) is 49.4 Å². The van der Waals surface area contributed by atoms with Crippen LogP contribution in [0.15, 0.2) is 72.8 Å².